The fourth-order valence-corrected chi connectivity index (χ4v) is 0.442. The second-order valence-corrected chi connectivity index (χ2v) is 1.72. The molecule has 6 nitrogen and oxygen atoms in total. The molecule has 0 aromatic carbocycles. The van der Waals surface area contributed by atoms with Gasteiger partial charge < -0.3 is 9.57 Å². The molecule has 0 aromatic rings. The van der Waals surface area contributed by atoms with E-state index < -0.39 is 12.1 Å². The van der Waals surface area contributed by atoms with Gasteiger partial charge in [0.2, 0.25) is 0 Å². The van der Waals surface area contributed by atoms with E-state index in [0.717, 1.165) is 6.92 Å². The third-order valence-corrected chi connectivity index (χ3v) is 0.794. The van der Waals surface area contributed by atoms with Crippen LogP contribution in [-0.4, -0.2) is 31.0 Å². The Morgan fingerprint density at radius 3 is 2.33 bits per heavy atom. The molecule has 0 N–H and O–H groups in total. The Hall–Kier alpha value is -1.30. The lowest BCUT2D eigenvalue weighted by Gasteiger charge is -2.15. The maximum absolute atomic E-state index is 10.8. The summed E-state index contributed by atoms with van der Waals surface area (Å²) < 4.78 is 4.48. The summed E-state index contributed by atoms with van der Waals surface area (Å²) in [7, 11) is 1.18. The van der Waals surface area contributed by atoms with Crippen molar-refractivity contribution in [1.29, 1.82) is 0 Å². The van der Waals surface area contributed by atoms with Gasteiger partial charge in [-0.15, -0.1) is 0 Å². The molecule has 0 saturated heterocycles. The Morgan fingerprint density at radius 1 is 1.42 bits per heavy atom. The number of hydrogen-bond donors (Lipinski definition) is 0. The number of ether oxygens (including phenoxy) is 1. The molecule has 0 aliphatic heterocycles. The van der Waals surface area contributed by atoms with Crippen molar-refractivity contribution in [3.05, 3.63) is 0 Å². The highest BCUT2D eigenvalue weighted by atomic mass is 17.0. The van der Waals surface area contributed by atoms with E-state index in [1.165, 1.54) is 7.11 Å². The molecule has 0 fully saturated rings. The highest BCUT2D eigenvalue weighted by Gasteiger charge is 2.17. The van der Waals surface area contributed by atoms with Crippen molar-refractivity contribution in [2.24, 2.45) is 0 Å². The Balaban J connectivity index is 3.96. The monoisotopic (exact) mass is 177 g/mol. The van der Waals surface area contributed by atoms with Crippen molar-refractivity contribution in [2.45, 2.75) is 13.8 Å². The lowest BCUT2D eigenvalue weighted by molar-refractivity contribution is -0.302. The molecule has 0 unspecified atom stereocenters. The molecule has 1 amide bonds. The molecular weight excluding hydrogens is 166 g/mol. The largest absolute Gasteiger partial charge is 0.469 e. The van der Waals surface area contributed by atoms with Crippen molar-refractivity contribution in [3.8, 4) is 0 Å². The molecule has 0 radical (unpaired) electrons. The Kier molecular flexibility index (Phi) is 4.78. The van der Waals surface area contributed by atoms with Gasteiger partial charge >= 0.3 is 12.1 Å². The van der Waals surface area contributed by atoms with E-state index in [-0.39, 0.29) is 6.61 Å². The van der Waals surface area contributed by atoms with E-state index in [9.17, 15) is 9.59 Å². The SMILES string of the molecule is CCOC(=O)N(OC)OC(C)=O. The van der Waals surface area contributed by atoms with Crippen LogP contribution in [0.15, 0.2) is 0 Å². The van der Waals surface area contributed by atoms with Gasteiger partial charge in [0.25, 0.3) is 0 Å². The van der Waals surface area contributed by atoms with Gasteiger partial charge in [-0.05, 0) is 6.92 Å². The van der Waals surface area contributed by atoms with Crippen molar-refractivity contribution >= 4 is 12.1 Å². The summed E-state index contributed by atoms with van der Waals surface area (Å²) >= 11 is 0. The van der Waals surface area contributed by atoms with Crippen molar-refractivity contribution in [3.63, 3.8) is 0 Å². The molecule has 0 bridgehead atoms. The maximum Gasteiger partial charge on any atom is 0.469 e. The summed E-state index contributed by atoms with van der Waals surface area (Å²) in [6.07, 6.45) is -0.866. The lowest BCUT2D eigenvalue weighted by atomic mass is 10.8. The van der Waals surface area contributed by atoms with Gasteiger partial charge in [-0.1, -0.05) is 0 Å². The van der Waals surface area contributed by atoms with E-state index in [0.29, 0.717) is 5.23 Å². The third-order valence-electron chi connectivity index (χ3n) is 0.794. The molecule has 6 heteroatoms. The molecule has 0 aromatic heterocycles. The zero-order valence-corrected chi connectivity index (χ0v) is 7.20. The third kappa shape index (κ3) is 3.77. The van der Waals surface area contributed by atoms with Crippen molar-refractivity contribution in [2.75, 3.05) is 13.7 Å². The summed E-state index contributed by atoms with van der Waals surface area (Å²) in [6, 6.07) is 0. The molecule has 0 atom stereocenters. The van der Waals surface area contributed by atoms with Crippen LogP contribution in [0, 0.1) is 0 Å². The topological polar surface area (TPSA) is 65.1 Å². The molecule has 70 valence electrons. The van der Waals surface area contributed by atoms with Crippen LogP contribution in [0.4, 0.5) is 4.79 Å². The first-order chi connectivity index (χ1) is 5.61. The average Bonchev–Trinajstić information content (AvgIpc) is 2.00. The first-order valence-electron chi connectivity index (χ1n) is 3.31. The first-order valence-corrected chi connectivity index (χ1v) is 3.31. The van der Waals surface area contributed by atoms with Crippen LogP contribution >= 0.6 is 0 Å². The minimum Gasteiger partial charge on any atom is -0.446 e. The zero-order chi connectivity index (χ0) is 9.56. The number of carbonyl (C=O) groups is 2. The number of rotatable bonds is 2. The first kappa shape index (κ1) is 10.7. The number of nitrogens with zero attached hydrogens (tertiary/aromatic N) is 1. The molecule has 0 heterocycles. The van der Waals surface area contributed by atoms with Crippen LogP contribution in [-0.2, 0) is 19.2 Å². The van der Waals surface area contributed by atoms with Gasteiger partial charge in [0.05, 0.1) is 13.7 Å². The molecule has 12 heavy (non-hydrogen) atoms. The Morgan fingerprint density at radius 2 is 2.00 bits per heavy atom. The number of hydrogen-bond acceptors (Lipinski definition) is 5. The van der Waals surface area contributed by atoms with Gasteiger partial charge in [0.15, 0.2) is 0 Å². The lowest BCUT2D eigenvalue weighted by Crippen LogP contribution is -2.32. The van der Waals surface area contributed by atoms with Crippen LogP contribution < -0.4 is 0 Å². The number of carbonyl (C=O) groups excluding carboxylic acids is 2. The molecule has 0 aliphatic rings. The summed E-state index contributed by atoms with van der Waals surface area (Å²) in [4.78, 5) is 29.9. The normalized spacial score (nSPS) is 8.92. The number of hydroxylamine groups is 2. The minimum absolute atomic E-state index is 0.181. The van der Waals surface area contributed by atoms with Crippen molar-refractivity contribution < 1.29 is 24.0 Å². The van der Waals surface area contributed by atoms with E-state index in [1.807, 2.05) is 0 Å². The van der Waals surface area contributed by atoms with E-state index in [1.54, 1.807) is 6.92 Å². The fourth-order valence-electron chi connectivity index (χ4n) is 0.442. The highest BCUT2D eigenvalue weighted by Crippen LogP contribution is 1.95. The highest BCUT2D eigenvalue weighted by molar-refractivity contribution is 5.70. The number of amides is 1. The smallest absolute Gasteiger partial charge is 0.446 e. The van der Waals surface area contributed by atoms with Gasteiger partial charge in [-0.3, -0.25) is 0 Å². The summed E-state index contributed by atoms with van der Waals surface area (Å²) in [5.41, 5.74) is 0. The summed E-state index contributed by atoms with van der Waals surface area (Å²) in [6.45, 7) is 2.95. The Bertz CT molecular complexity index is 169. The van der Waals surface area contributed by atoms with Gasteiger partial charge in [-0.2, -0.15) is 0 Å². The molecule has 0 rings (SSSR count). The minimum atomic E-state index is -0.866. The molecule has 0 spiro atoms. The van der Waals surface area contributed by atoms with Crippen LogP contribution in [0.1, 0.15) is 13.8 Å². The van der Waals surface area contributed by atoms with Crippen LogP contribution in [0.3, 0.4) is 0 Å². The Labute approximate surface area is 69.9 Å². The van der Waals surface area contributed by atoms with Gasteiger partial charge in [0, 0.05) is 12.2 Å². The van der Waals surface area contributed by atoms with Crippen molar-refractivity contribution in [1.82, 2.24) is 5.23 Å². The average molecular weight is 177 g/mol. The predicted molar refractivity (Wildman–Crippen MR) is 37.6 cm³/mol. The van der Waals surface area contributed by atoms with E-state index in [4.69, 9.17) is 0 Å². The molecule has 0 saturated carbocycles. The van der Waals surface area contributed by atoms with E-state index >= 15 is 0 Å². The molecule has 0 aliphatic carbocycles. The van der Waals surface area contributed by atoms with E-state index in [2.05, 4.69) is 14.4 Å². The van der Waals surface area contributed by atoms with Crippen LogP contribution in [0.5, 0.6) is 0 Å². The zero-order valence-electron chi connectivity index (χ0n) is 7.20. The fraction of sp³-hybridized carbons (Fsp3) is 0.667. The van der Waals surface area contributed by atoms with Gasteiger partial charge in [0.1, 0.15) is 0 Å². The quantitative estimate of drug-likeness (QED) is 0.574. The second-order valence-electron chi connectivity index (χ2n) is 1.72. The van der Waals surface area contributed by atoms with Crippen LogP contribution in [0.2, 0.25) is 0 Å². The second kappa shape index (κ2) is 5.36. The summed E-state index contributed by atoms with van der Waals surface area (Å²) in [5.74, 6) is -0.662. The van der Waals surface area contributed by atoms with Gasteiger partial charge in [-0.25, -0.2) is 14.4 Å². The predicted octanol–water partition coefficient (Wildman–Crippen LogP) is 0.484. The maximum atomic E-state index is 10.8. The molecular formula is C6H11NO5. The summed E-state index contributed by atoms with van der Waals surface area (Å²) in [5, 5.41) is 0.367. The standard InChI is InChI=1S/C6H11NO5/c1-4-11-6(9)7(10-3)12-5(2)8/h4H2,1-3H3. The van der Waals surface area contributed by atoms with Crippen LogP contribution in [0.25, 0.3) is 0 Å².